The molecule has 182 valence electrons. The zero-order valence-electron chi connectivity index (χ0n) is 19.9. The van der Waals surface area contributed by atoms with E-state index >= 15 is 0 Å². The van der Waals surface area contributed by atoms with Crippen molar-refractivity contribution in [1.82, 2.24) is 10.2 Å². The number of carbonyl (C=O) groups is 2. The fourth-order valence-electron chi connectivity index (χ4n) is 3.84. The van der Waals surface area contributed by atoms with E-state index in [1.807, 2.05) is 6.92 Å². The van der Waals surface area contributed by atoms with Crippen molar-refractivity contribution in [3.63, 3.8) is 0 Å². The molecule has 1 amide bonds. The largest absolute Gasteiger partial charge is 0.507 e. The number of ketones is 1. The average Bonchev–Trinajstić information content (AvgIpc) is 3.40. The summed E-state index contributed by atoms with van der Waals surface area (Å²) in [5.41, 5.74) is 1.04. The van der Waals surface area contributed by atoms with Crippen LogP contribution in [-0.4, -0.2) is 40.2 Å². The summed E-state index contributed by atoms with van der Waals surface area (Å²) in [4.78, 5) is 27.6. The first-order valence-electron chi connectivity index (χ1n) is 11.5. The Morgan fingerprint density at radius 3 is 2.26 bits per heavy atom. The molecule has 1 N–H and O–H groups in total. The molecular formula is C26H27N3O5S. The maximum Gasteiger partial charge on any atom is 0.301 e. The van der Waals surface area contributed by atoms with Crippen LogP contribution >= 0.6 is 11.3 Å². The number of carbonyl (C=O) groups excluding carboxylic acids is 2. The lowest BCUT2D eigenvalue weighted by atomic mass is 9.95. The minimum Gasteiger partial charge on any atom is -0.507 e. The number of amides is 1. The molecule has 1 aromatic heterocycles. The van der Waals surface area contributed by atoms with Crippen molar-refractivity contribution in [3.8, 4) is 11.5 Å². The van der Waals surface area contributed by atoms with Crippen LogP contribution in [0.15, 0.2) is 54.1 Å². The molecular weight excluding hydrogens is 466 g/mol. The van der Waals surface area contributed by atoms with E-state index in [1.54, 1.807) is 55.5 Å². The third-order valence-electron chi connectivity index (χ3n) is 5.57. The number of aromatic nitrogens is 2. The molecule has 8 nitrogen and oxygen atoms in total. The van der Waals surface area contributed by atoms with Crippen molar-refractivity contribution in [3.05, 3.63) is 70.2 Å². The van der Waals surface area contributed by atoms with Crippen molar-refractivity contribution < 1.29 is 24.2 Å². The Bertz CT molecular complexity index is 1230. The summed E-state index contributed by atoms with van der Waals surface area (Å²) in [7, 11) is 0. The first-order valence-corrected chi connectivity index (χ1v) is 12.3. The van der Waals surface area contributed by atoms with Crippen LogP contribution in [0.3, 0.4) is 0 Å². The highest BCUT2D eigenvalue weighted by Crippen LogP contribution is 2.43. The van der Waals surface area contributed by atoms with Crippen molar-refractivity contribution in [2.75, 3.05) is 18.1 Å². The topological polar surface area (TPSA) is 102 Å². The monoisotopic (exact) mass is 493 g/mol. The van der Waals surface area contributed by atoms with E-state index in [0.717, 1.165) is 12.8 Å². The van der Waals surface area contributed by atoms with E-state index < -0.39 is 17.7 Å². The highest BCUT2D eigenvalue weighted by atomic mass is 32.1. The molecule has 1 saturated heterocycles. The van der Waals surface area contributed by atoms with E-state index in [1.165, 1.54) is 16.2 Å². The quantitative estimate of drug-likeness (QED) is 0.193. The fraction of sp³-hybridized carbons (Fsp3) is 0.308. The summed E-state index contributed by atoms with van der Waals surface area (Å²) in [5.74, 6) is -0.467. The third kappa shape index (κ3) is 5.05. The second-order valence-electron chi connectivity index (χ2n) is 8.00. The third-order valence-corrected chi connectivity index (χ3v) is 6.41. The highest BCUT2D eigenvalue weighted by Gasteiger charge is 2.48. The predicted molar refractivity (Wildman–Crippen MR) is 134 cm³/mol. The molecule has 0 unspecified atom stereocenters. The number of benzene rings is 2. The first kappa shape index (κ1) is 24.4. The van der Waals surface area contributed by atoms with Gasteiger partial charge in [0.05, 0.1) is 24.8 Å². The van der Waals surface area contributed by atoms with Gasteiger partial charge < -0.3 is 14.6 Å². The molecule has 0 saturated carbocycles. The summed E-state index contributed by atoms with van der Waals surface area (Å²) < 4.78 is 11.2. The first-order chi connectivity index (χ1) is 16.9. The number of hydrogen-bond donors (Lipinski definition) is 1. The number of unbranched alkanes of at least 4 members (excludes halogenated alkanes) is 1. The molecule has 1 atom stereocenters. The van der Waals surface area contributed by atoms with E-state index in [0.29, 0.717) is 46.0 Å². The Morgan fingerprint density at radius 2 is 1.66 bits per heavy atom. The van der Waals surface area contributed by atoms with Gasteiger partial charge in [0.15, 0.2) is 0 Å². The number of ether oxygens (including phenoxy) is 2. The Morgan fingerprint density at radius 1 is 1.00 bits per heavy atom. The molecule has 1 fully saturated rings. The number of hydrogen-bond acceptors (Lipinski definition) is 8. The van der Waals surface area contributed by atoms with E-state index in [9.17, 15) is 14.7 Å². The standard InChI is InChI=1S/C26H27N3O5S/c1-4-6-15-34-20-13-9-18(10-14-20)23(30)21-22(17-7-11-19(12-8-17)33-5-2)29(25(32)24(21)31)26-28-27-16(3)35-26/h7-14,22,30H,4-6,15H2,1-3H3/t22-/m1/s1. The number of aliphatic hydroxyl groups is 1. The number of anilines is 1. The van der Waals surface area contributed by atoms with Gasteiger partial charge >= 0.3 is 5.91 Å². The lowest BCUT2D eigenvalue weighted by Gasteiger charge is -2.22. The summed E-state index contributed by atoms with van der Waals surface area (Å²) in [5, 5.41) is 20.3. The zero-order valence-corrected chi connectivity index (χ0v) is 20.7. The van der Waals surface area contributed by atoms with Gasteiger partial charge in [-0.15, -0.1) is 10.2 Å². The fourth-order valence-corrected chi connectivity index (χ4v) is 4.55. The van der Waals surface area contributed by atoms with Gasteiger partial charge in [0.2, 0.25) is 5.13 Å². The molecule has 3 aromatic rings. The number of rotatable bonds is 9. The van der Waals surface area contributed by atoms with E-state index in [-0.39, 0.29) is 11.3 Å². The average molecular weight is 494 g/mol. The van der Waals surface area contributed by atoms with Crippen molar-refractivity contribution in [1.29, 1.82) is 0 Å². The summed E-state index contributed by atoms with van der Waals surface area (Å²) >= 11 is 1.21. The van der Waals surface area contributed by atoms with Gasteiger partial charge in [0.25, 0.3) is 5.78 Å². The van der Waals surface area contributed by atoms with Crippen LogP contribution in [0.4, 0.5) is 5.13 Å². The van der Waals surface area contributed by atoms with Crippen molar-refractivity contribution in [2.24, 2.45) is 0 Å². The second kappa shape index (κ2) is 10.7. The Balaban J connectivity index is 1.77. The van der Waals surface area contributed by atoms with Gasteiger partial charge in [-0.2, -0.15) is 0 Å². The lowest BCUT2D eigenvalue weighted by Crippen LogP contribution is -2.29. The highest BCUT2D eigenvalue weighted by molar-refractivity contribution is 7.15. The van der Waals surface area contributed by atoms with Gasteiger partial charge in [-0.1, -0.05) is 36.8 Å². The van der Waals surface area contributed by atoms with Crippen LogP contribution in [0.2, 0.25) is 0 Å². The lowest BCUT2D eigenvalue weighted by molar-refractivity contribution is -0.132. The van der Waals surface area contributed by atoms with Crippen LogP contribution in [0.5, 0.6) is 11.5 Å². The molecule has 2 aromatic carbocycles. The number of nitrogens with zero attached hydrogens (tertiary/aromatic N) is 3. The molecule has 0 radical (unpaired) electrons. The smallest absolute Gasteiger partial charge is 0.301 e. The van der Waals surface area contributed by atoms with E-state index in [4.69, 9.17) is 9.47 Å². The Kier molecular flexibility index (Phi) is 7.45. The molecule has 9 heteroatoms. The van der Waals surface area contributed by atoms with Gasteiger partial charge in [-0.25, -0.2) is 0 Å². The molecule has 0 bridgehead atoms. The number of Topliss-reactive ketones (excluding diaryl/α,β-unsaturated/α-hetero) is 1. The van der Waals surface area contributed by atoms with Crippen LogP contribution in [0.1, 0.15) is 48.9 Å². The molecule has 0 spiro atoms. The van der Waals surface area contributed by atoms with Gasteiger partial charge in [0, 0.05) is 5.56 Å². The molecule has 4 rings (SSSR count). The minimum absolute atomic E-state index is 0.00772. The molecule has 1 aliphatic rings. The summed E-state index contributed by atoms with van der Waals surface area (Å²) in [6, 6.07) is 13.1. The van der Waals surface area contributed by atoms with Crippen molar-refractivity contribution >= 4 is 33.9 Å². The van der Waals surface area contributed by atoms with Crippen LogP contribution in [0.25, 0.3) is 5.76 Å². The molecule has 2 heterocycles. The molecule has 0 aliphatic carbocycles. The molecule has 1 aliphatic heterocycles. The van der Waals surface area contributed by atoms with Crippen LogP contribution in [0, 0.1) is 6.92 Å². The Hall–Kier alpha value is -3.72. The number of aliphatic hydroxyl groups excluding tert-OH is 1. The summed E-state index contributed by atoms with van der Waals surface area (Å²) in [6.45, 7) is 6.87. The predicted octanol–water partition coefficient (Wildman–Crippen LogP) is 5.05. The maximum atomic E-state index is 13.2. The van der Waals surface area contributed by atoms with Crippen LogP contribution in [-0.2, 0) is 9.59 Å². The number of aryl methyl sites for hydroxylation is 1. The normalized spacial score (nSPS) is 17.1. The van der Waals surface area contributed by atoms with Gasteiger partial charge in [-0.05, 0) is 62.2 Å². The van der Waals surface area contributed by atoms with Crippen LogP contribution < -0.4 is 14.4 Å². The summed E-state index contributed by atoms with van der Waals surface area (Å²) in [6.07, 6.45) is 1.97. The van der Waals surface area contributed by atoms with E-state index in [2.05, 4.69) is 17.1 Å². The second-order valence-corrected chi connectivity index (χ2v) is 9.16. The zero-order chi connectivity index (χ0) is 24.9. The maximum absolute atomic E-state index is 13.2. The van der Waals surface area contributed by atoms with Gasteiger partial charge in [0.1, 0.15) is 22.3 Å². The molecule has 35 heavy (non-hydrogen) atoms. The van der Waals surface area contributed by atoms with Gasteiger partial charge in [-0.3, -0.25) is 14.5 Å². The van der Waals surface area contributed by atoms with Crippen molar-refractivity contribution in [2.45, 2.75) is 39.7 Å². The minimum atomic E-state index is -0.862. The Labute approximate surface area is 207 Å². The SMILES string of the molecule is CCCCOc1ccc(C(O)=C2C(=O)C(=O)N(c3nnc(C)s3)[C@@H]2c2ccc(OCC)cc2)cc1.